The predicted molar refractivity (Wildman–Crippen MR) is 57.2 cm³/mol. The van der Waals surface area contributed by atoms with E-state index >= 15 is 0 Å². The van der Waals surface area contributed by atoms with Gasteiger partial charge in [-0.3, -0.25) is 0 Å². The number of hydrogen-bond donors (Lipinski definition) is 2. The van der Waals surface area contributed by atoms with Gasteiger partial charge in [-0.25, -0.2) is 4.98 Å². The van der Waals surface area contributed by atoms with Crippen molar-refractivity contribution in [3.63, 3.8) is 0 Å². The maximum absolute atomic E-state index is 10.5. The van der Waals surface area contributed by atoms with Crippen LogP contribution in [-0.4, -0.2) is 23.3 Å². The number of nitrogens with zero attached hydrogens (tertiary/aromatic N) is 1. The smallest absolute Gasteiger partial charge is 0.129 e. The number of ether oxygens (including phenoxy) is 1. The van der Waals surface area contributed by atoms with Gasteiger partial charge in [-0.1, -0.05) is 6.07 Å². The van der Waals surface area contributed by atoms with Crippen LogP contribution in [0.15, 0.2) is 18.3 Å². The van der Waals surface area contributed by atoms with Crippen molar-refractivity contribution in [2.45, 2.75) is 24.9 Å². The maximum atomic E-state index is 10.5. The predicted octanol–water partition coefficient (Wildman–Crippen LogP) is 1.05. The minimum Gasteiger partial charge on any atom is -0.385 e. The summed E-state index contributed by atoms with van der Waals surface area (Å²) >= 11 is 0. The number of nitrogens with two attached hydrogens (primary N) is 1. The molecule has 0 amide bonds. The lowest BCUT2D eigenvalue weighted by molar-refractivity contribution is 0.0149. The molecule has 1 aromatic heterocycles. The average molecular weight is 208 g/mol. The van der Waals surface area contributed by atoms with Crippen molar-refractivity contribution in [1.82, 2.24) is 4.98 Å². The van der Waals surface area contributed by atoms with Crippen LogP contribution in [0, 0.1) is 0 Å². The van der Waals surface area contributed by atoms with Gasteiger partial charge in [-0.15, -0.1) is 0 Å². The van der Waals surface area contributed by atoms with Crippen LogP contribution < -0.4 is 5.73 Å². The highest BCUT2D eigenvalue weighted by molar-refractivity contribution is 5.42. The molecular formula is C11H16N2O2. The van der Waals surface area contributed by atoms with Crippen molar-refractivity contribution in [2.75, 3.05) is 18.9 Å². The van der Waals surface area contributed by atoms with Crippen LogP contribution in [0.1, 0.15) is 24.8 Å². The Hall–Kier alpha value is -1.13. The molecule has 4 heteroatoms. The average Bonchev–Trinajstić information content (AvgIpc) is 2.44. The van der Waals surface area contributed by atoms with Gasteiger partial charge in [0.2, 0.25) is 0 Å². The molecule has 0 bridgehead atoms. The first-order valence-electron chi connectivity index (χ1n) is 5.23. The van der Waals surface area contributed by atoms with E-state index in [0.717, 1.165) is 12.0 Å². The number of hydrogen-bond acceptors (Lipinski definition) is 4. The van der Waals surface area contributed by atoms with E-state index in [2.05, 4.69) is 4.98 Å². The molecule has 0 aliphatic carbocycles. The van der Waals surface area contributed by atoms with E-state index in [-0.39, 0.29) is 0 Å². The highest BCUT2D eigenvalue weighted by Gasteiger charge is 2.32. The number of pyridine rings is 1. The molecule has 2 heterocycles. The molecule has 1 saturated heterocycles. The molecule has 0 aromatic carbocycles. The number of nitrogen functional groups attached to an aromatic ring is 1. The first-order valence-corrected chi connectivity index (χ1v) is 5.23. The van der Waals surface area contributed by atoms with Gasteiger partial charge in [0, 0.05) is 31.4 Å². The minimum atomic E-state index is -0.866. The topological polar surface area (TPSA) is 68.4 Å². The Bertz CT molecular complexity index is 333. The van der Waals surface area contributed by atoms with Crippen molar-refractivity contribution in [2.24, 2.45) is 0 Å². The van der Waals surface area contributed by atoms with Gasteiger partial charge in [0.1, 0.15) is 5.82 Å². The Morgan fingerprint density at radius 2 is 2.27 bits per heavy atom. The third-order valence-electron chi connectivity index (χ3n) is 2.88. The molecule has 1 aliphatic heterocycles. The molecule has 1 aliphatic rings. The fourth-order valence-corrected chi connectivity index (χ4v) is 2.02. The van der Waals surface area contributed by atoms with Crippen LogP contribution in [0.5, 0.6) is 0 Å². The fourth-order valence-electron chi connectivity index (χ4n) is 2.02. The van der Waals surface area contributed by atoms with Crippen LogP contribution in [0.25, 0.3) is 0 Å². The molecule has 15 heavy (non-hydrogen) atoms. The molecule has 82 valence electrons. The molecule has 2 rings (SSSR count). The normalized spacial score (nSPS) is 27.3. The summed E-state index contributed by atoms with van der Waals surface area (Å²) in [6, 6.07) is 3.64. The van der Waals surface area contributed by atoms with Crippen molar-refractivity contribution >= 4 is 5.82 Å². The summed E-state index contributed by atoms with van der Waals surface area (Å²) in [7, 11) is 0. The van der Waals surface area contributed by atoms with Crippen molar-refractivity contribution < 1.29 is 9.84 Å². The molecule has 1 fully saturated rings. The Labute approximate surface area is 89.1 Å². The van der Waals surface area contributed by atoms with Crippen LogP contribution in [0.4, 0.5) is 5.82 Å². The van der Waals surface area contributed by atoms with E-state index in [1.807, 2.05) is 6.07 Å². The van der Waals surface area contributed by atoms with E-state index in [4.69, 9.17) is 10.5 Å². The number of aromatic nitrogens is 1. The fraction of sp³-hybridized carbons (Fsp3) is 0.545. The van der Waals surface area contributed by atoms with Crippen molar-refractivity contribution in [3.8, 4) is 0 Å². The summed E-state index contributed by atoms with van der Waals surface area (Å²) in [5, 5.41) is 10.5. The van der Waals surface area contributed by atoms with E-state index in [1.54, 1.807) is 12.3 Å². The van der Waals surface area contributed by atoms with E-state index in [9.17, 15) is 5.11 Å². The molecule has 1 aromatic rings. The Kier molecular flexibility index (Phi) is 2.88. The molecule has 0 saturated carbocycles. The highest BCUT2D eigenvalue weighted by atomic mass is 16.5. The molecule has 0 spiro atoms. The van der Waals surface area contributed by atoms with Crippen molar-refractivity contribution in [3.05, 3.63) is 23.9 Å². The van der Waals surface area contributed by atoms with Crippen LogP contribution in [-0.2, 0) is 10.3 Å². The minimum absolute atomic E-state index is 0.418. The molecule has 3 N–H and O–H groups in total. The van der Waals surface area contributed by atoms with Crippen LogP contribution in [0.2, 0.25) is 0 Å². The zero-order valence-corrected chi connectivity index (χ0v) is 8.65. The lowest BCUT2D eigenvalue weighted by Crippen LogP contribution is -2.27. The summed E-state index contributed by atoms with van der Waals surface area (Å²) in [6.45, 7) is 1.29. The van der Waals surface area contributed by atoms with Gasteiger partial charge < -0.3 is 15.6 Å². The van der Waals surface area contributed by atoms with Crippen molar-refractivity contribution in [1.29, 1.82) is 0 Å². The van der Waals surface area contributed by atoms with Gasteiger partial charge in [0.15, 0.2) is 0 Å². The Balaban J connectivity index is 2.30. The van der Waals surface area contributed by atoms with Gasteiger partial charge in [-0.05, 0) is 18.9 Å². The van der Waals surface area contributed by atoms with Gasteiger partial charge in [0.25, 0.3) is 0 Å². The van der Waals surface area contributed by atoms with Crippen LogP contribution >= 0.6 is 0 Å². The molecule has 4 nitrogen and oxygen atoms in total. The summed E-state index contributed by atoms with van der Waals surface area (Å²) in [6.07, 6.45) is 3.76. The summed E-state index contributed by atoms with van der Waals surface area (Å²) in [4.78, 5) is 4.01. The van der Waals surface area contributed by atoms with E-state index < -0.39 is 5.60 Å². The van der Waals surface area contributed by atoms with Crippen LogP contribution in [0.3, 0.4) is 0 Å². The summed E-state index contributed by atoms with van der Waals surface area (Å²) in [5.41, 5.74) is 5.64. The third kappa shape index (κ3) is 2.11. The monoisotopic (exact) mass is 208 g/mol. The largest absolute Gasteiger partial charge is 0.385 e. The molecule has 0 radical (unpaired) electrons. The van der Waals surface area contributed by atoms with Gasteiger partial charge in [0.05, 0.1) is 5.60 Å². The summed E-state index contributed by atoms with van der Waals surface area (Å²) < 4.78 is 5.33. The Morgan fingerprint density at radius 3 is 3.07 bits per heavy atom. The van der Waals surface area contributed by atoms with Gasteiger partial charge >= 0.3 is 0 Å². The molecule has 1 unspecified atom stereocenters. The number of anilines is 1. The third-order valence-corrected chi connectivity index (χ3v) is 2.88. The lowest BCUT2D eigenvalue weighted by Gasteiger charge is -2.27. The second-order valence-electron chi connectivity index (χ2n) is 3.93. The SMILES string of the molecule is Nc1ncccc1C1(O)CCCOCC1. The quantitative estimate of drug-likeness (QED) is 0.724. The summed E-state index contributed by atoms with van der Waals surface area (Å²) in [5.74, 6) is 0.418. The van der Waals surface area contributed by atoms with Gasteiger partial charge in [-0.2, -0.15) is 0 Å². The van der Waals surface area contributed by atoms with E-state index in [0.29, 0.717) is 31.9 Å². The second-order valence-corrected chi connectivity index (χ2v) is 3.93. The second kappa shape index (κ2) is 4.16. The number of rotatable bonds is 1. The van der Waals surface area contributed by atoms with E-state index in [1.165, 1.54) is 0 Å². The molecule has 1 atom stereocenters. The highest BCUT2D eigenvalue weighted by Crippen LogP contribution is 2.34. The zero-order valence-electron chi connectivity index (χ0n) is 8.65. The number of aliphatic hydroxyl groups is 1. The first kappa shape index (κ1) is 10.4. The molecular weight excluding hydrogens is 192 g/mol. The first-order chi connectivity index (χ1) is 7.22. The lowest BCUT2D eigenvalue weighted by atomic mass is 9.87. The standard InChI is InChI=1S/C11H16N2O2/c12-10-9(3-1-6-13-10)11(14)4-2-7-15-8-5-11/h1,3,6,14H,2,4-5,7-8H2,(H2,12,13). The zero-order chi connectivity index (χ0) is 10.7. The Morgan fingerprint density at radius 1 is 1.40 bits per heavy atom. The maximum Gasteiger partial charge on any atom is 0.129 e.